The summed E-state index contributed by atoms with van der Waals surface area (Å²) < 4.78 is 10.5. The second kappa shape index (κ2) is 11.0. The molecule has 1 aromatic carbocycles. The second-order valence-corrected chi connectivity index (χ2v) is 8.54. The zero-order valence-electron chi connectivity index (χ0n) is 18.2. The summed E-state index contributed by atoms with van der Waals surface area (Å²) in [6.45, 7) is 3.94. The van der Waals surface area contributed by atoms with Gasteiger partial charge in [0, 0.05) is 12.0 Å². The van der Waals surface area contributed by atoms with Crippen molar-refractivity contribution in [2.45, 2.75) is 58.6 Å². The highest BCUT2D eigenvalue weighted by Crippen LogP contribution is 2.33. The number of thiophene rings is 1. The van der Waals surface area contributed by atoms with Crippen molar-refractivity contribution in [2.24, 2.45) is 5.73 Å². The Labute approximate surface area is 189 Å². The molecule has 8 nitrogen and oxygen atoms in total. The Morgan fingerprint density at radius 3 is 2.72 bits per heavy atom. The molecule has 0 saturated heterocycles. The maximum Gasteiger partial charge on any atom is 0.348 e. The first-order valence-electron chi connectivity index (χ1n) is 10.6. The quantitative estimate of drug-likeness (QED) is 0.345. The van der Waals surface area contributed by atoms with E-state index in [-0.39, 0.29) is 24.8 Å². The lowest BCUT2D eigenvalue weighted by Gasteiger charge is -2.09. The van der Waals surface area contributed by atoms with Crippen LogP contribution in [-0.4, -0.2) is 16.9 Å². The molecule has 1 atom stereocenters. The molecule has 1 unspecified atom stereocenters. The van der Waals surface area contributed by atoms with Gasteiger partial charge in [0.25, 0.3) is 0 Å². The molecule has 9 heteroatoms. The number of anilines is 1. The molecule has 2 heterocycles. The molecule has 0 aliphatic heterocycles. The summed E-state index contributed by atoms with van der Waals surface area (Å²) in [7, 11) is 0. The maximum atomic E-state index is 12.5. The van der Waals surface area contributed by atoms with Gasteiger partial charge in [-0.2, -0.15) is 0 Å². The van der Waals surface area contributed by atoms with E-state index in [1.807, 2.05) is 30.3 Å². The van der Waals surface area contributed by atoms with Crippen molar-refractivity contribution in [1.29, 1.82) is 0 Å². The number of fused-ring (bicyclic) bond motifs is 1. The van der Waals surface area contributed by atoms with Gasteiger partial charge in [-0.05, 0) is 18.9 Å². The third-order valence-electron chi connectivity index (χ3n) is 4.95. The lowest BCUT2D eigenvalue weighted by molar-refractivity contribution is -0.145. The first-order valence-corrected chi connectivity index (χ1v) is 11.4. The summed E-state index contributed by atoms with van der Waals surface area (Å²) in [4.78, 5) is 41.6. The van der Waals surface area contributed by atoms with Crippen LogP contribution in [0.4, 0.5) is 5.00 Å². The van der Waals surface area contributed by atoms with Crippen LogP contribution >= 0.6 is 11.3 Å². The summed E-state index contributed by atoms with van der Waals surface area (Å²) in [5.41, 5.74) is 6.93. The predicted octanol–water partition coefficient (Wildman–Crippen LogP) is 4.21. The average Bonchev–Trinajstić information content (AvgIpc) is 3.08. The number of aromatic nitrogens is 1. The third-order valence-corrected chi connectivity index (χ3v) is 6.05. The van der Waals surface area contributed by atoms with Crippen molar-refractivity contribution in [3.05, 3.63) is 57.8 Å². The largest absolute Gasteiger partial charge is 0.461 e. The Hall–Kier alpha value is -3.04. The number of amides is 1. The second-order valence-electron chi connectivity index (χ2n) is 7.54. The van der Waals surface area contributed by atoms with E-state index in [9.17, 15) is 14.4 Å². The number of esters is 1. The van der Waals surface area contributed by atoms with Crippen LogP contribution in [0.5, 0.6) is 0 Å². The minimum Gasteiger partial charge on any atom is -0.461 e. The van der Waals surface area contributed by atoms with E-state index in [2.05, 4.69) is 17.2 Å². The Kier molecular flexibility index (Phi) is 8.13. The van der Waals surface area contributed by atoms with E-state index < -0.39 is 17.6 Å². The standard InChI is InChI=1S/C23H27N3O5S/c1-3-4-6-11-17(27)25-21-14(2)19-22(32-21)26-20(31-23(19)29)16(24)12-18(28)30-13-15-9-7-5-8-10-15/h5,7-10,16H,3-4,6,11-13,24H2,1-2H3,(H,25,27). The summed E-state index contributed by atoms with van der Waals surface area (Å²) in [6.07, 6.45) is 3.07. The molecule has 0 bridgehead atoms. The summed E-state index contributed by atoms with van der Waals surface area (Å²) in [5.74, 6) is -0.662. The van der Waals surface area contributed by atoms with Crippen LogP contribution < -0.4 is 16.7 Å². The molecule has 32 heavy (non-hydrogen) atoms. The highest BCUT2D eigenvalue weighted by molar-refractivity contribution is 7.22. The molecule has 3 aromatic rings. The molecule has 0 aliphatic rings. The van der Waals surface area contributed by atoms with Gasteiger partial charge >= 0.3 is 11.6 Å². The van der Waals surface area contributed by atoms with Gasteiger partial charge in [0.05, 0.1) is 12.5 Å². The number of hydrogen-bond donors (Lipinski definition) is 2. The molecule has 0 fully saturated rings. The van der Waals surface area contributed by atoms with Crippen molar-refractivity contribution in [1.82, 2.24) is 4.98 Å². The third kappa shape index (κ3) is 6.02. The van der Waals surface area contributed by atoms with E-state index in [4.69, 9.17) is 14.9 Å². The lowest BCUT2D eigenvalue weighted by atomic mass is 10.2. The van der Waals surface area contributed by atoms with E-state index in [1.54, 1.807) is 6.92 Å². The van der Waals surface area contributed by atoms with Gasteiger partial charge in [-0.15, -0.1) is 0 Å². The molecule has 0 saturated carbocycles. The number of nitrogens with one attached hydrogen (secondary N) is 1. The van der Waals surface area contributed by atoms with Crippen LogP contribution in [0.25, 0.3) is 10.2 Å². The number of nitrogens with zero attached hydrogens (tertiary/aromatic N) is 1. The van der Waals surface area contributed by atoms with Crippen molar-refractivity contribution in [3.8, 4) is 0 Å². The first kappa shape index (κ1) is 23.6. The Morgan fingerprint density at radius 2 is 2.00 bits per heavy atom. The normalized spacial score (nSPS) is 12.0. The SMILES string of the molecule is CCCCCC(=O)Nc1sc2nc(C(N)CC(=O)OCc3ccccc3)oc(=O)c2c1C. The molecule has 3 rings (SSSR count). The number of benzene rings is 1. The van der Waals surface area contributed by atoms with Crippen molar-refractivity contribution < 1.29 is 18.7 Å². The van der Waals surface area contributed by atoms with Crippen LogP contribution in [0.1, 0.15) is 62.1 Å². The maximum absolute atomic E-state index is 12.5. The van der Waals surface area contributed by atoms with E-state index in [1.165, 1.54) is 11.3 Å². The minimum atomic E-state index is -0.926. The molecule has 170 valence electrons. The van der Waals surface area contributed by atoms with Gasteiger partial charge in [-0.1, -0.05) is 61.4 Å². The summed E-state index contributed by atoms with van der Waals surface area (Å²) in [6, 6.07) is 8.36. The van der Waals surface area contributed by atoms with E-state index >= 15 is 0 Å². The van der Waals surface area contributed by atoms with Crippen LogP contribution in [0, 0.1) is 6.92 Å². The average molecular weight is 458 g/mol. The molecule has 3 N–H and O–H groups in total. The highest BCUT2D eigenvalue weighted by Gasteiger charge is 2.22. The first-order chi connectivity index (χ1) is 15.4. The fraction of sp³-hybridized carbons (Fsp3) is 0.391. The van der Waals surface area contributed by atoms with Gasteiger partial charge in [0.2, 0.25) is 11.8 Å². The molecular formula is C23H27N3O5S. The van der Waals surface area contributed by atoms with Crippen LogP contribution in [0.15, 0.2) is 39.5 Å². The fourth-order valence-electron chi connectivity index (χ4n) is 3.15. The predicted molar refractivity (Wildman–Crippen MR) is 123 cm³/mol. The molecule has 2 aromatic heterocycles. The smallest absolute Gasteiger partial charge is 0.348 e. The summed E-state index contributed by atoms with van der Waals surface area (Å²) >= 11 is 1.19. The zero-order valence-corrected chi connectivity index (χ0v) is 19.0. The van der Waals surface area contributed by atoms with Crippen LogP contribution in [0.2, 0.25) is 0 Å². The number of carbonyl (C=O) groups is 2. The zero-order chi connectivity index (χ0) is 23.1. The lowest BCUT2D eigenvalue weighted by Crippen LogP contribution is -2.20. The molecular weight excluding hydrogens is 430 g/mol. The van der Waals surface area contributed by atoms with Crippen LogP contribution in [0.3, 0.4) is 0 Å². The van der Waals surface area contributed by atoms with Crippen LogP contribution in [-0.2, 0) is 20.9 Å². The van der Waals surface area contributed by atoms with Gasteiger partial charge in [0.15, 0.2) is 0 Å². The highest BCUT2D eigenvalue weighted by atomic mass is 32.1. The monoisotopic (exact) mass is 457 g/mol. The van der Waals surface area contributed by atoms with E-state index in [0.29, 0.717) is 27.2 Å². The molecule has 1 amide bonds. The Morgan fingerprint density at radius 1 is 1.25 bits per heavy atom. The van der Waals surface area contributed by atoms with Gasteiger partial charge < -0.3 is 20.2 Å². The van der Waals surface area contributed by atoms with E-state index in [0.717, 1.165) is 24.8 Å². The topological polar surface area (TPSA) is 125 Å². The minimum absolute atomic E-state index is 0.0405. The number of aryl methyl sites for hydroxylation is 1. The number of hydrogen-bond acceptors (Lipinski definition) is 8. The van der Waals surface area contributed by atoms with Gasteiger partial charge in [0.1, 0.15) is 21.8 Å². The van der Waals surface area contributed by atoms with Crippen molar-refractivity contribution in [2.75, 3.05) is 5.32 Å². The number of nitrogens with two attached hydrogens (primary N) is 1. The number of carbonyl (C=O) groups excluding carboxylic acids is 2. The molecule has 0 radical (unpaired) electrons. The van der Waals surface area contributed by atoms with Gasteiger partial charge in [-0.25, -0.2) is 9.78 Å². The van der Waals surface area contributed by atoms with Gasteiger partial charge in [-0.3, -0.25) is 9.59 Å². The molecule has 0 aliphatic carbocycles. The molecule has 0 spiro atoms. The Bertz CT molecular complexity index is 1140. The fourth-order valence-corrected chi connectivity index (χ4v) is 4.24. The van der Waals surface area contributed by atoms with Crippen molar-refractivity contribution in [3.63, 3.8) is 0 Å². The summed E-state index contributed by atoms with van der Waals surface area (Å²) in [5, 5.41) is 3.72. The number of rotatable bonds is 10. The van der Waals surface area contributed by atoms with Crippen molar-refractivity contribution >= 4 is 38.4 Å². The number of unbranched alkanes of at least 4 members (excludes halogenated alkanes) is 2. The number of ether oxygens (including phenoxy) is 1. The Balaban J connectivity index is 1.68.